The molecule has 0 amide bonds. The second-order valence-electron chi connectivity index (χ2n) is 7.81. The van der Waals surface area contributed by atoms with E-state index in [1.54, 1.807) is 19.9 Å². The van der Waals surface area contributed by atoms with E-state index in [0.717, 1.165) is 23.4 Å². The molecule has 0 saturated heterocycles. The summed E-state index contributed by atoms with van der Waals surface area (Å²) in [6.45, 7) is 19.2. The molecule has 0 bridgehead atoms. The monoisotopic (exact) mass is 439 g/mol. The first-order chi connectivity index (χ1) is 14.9. The molecule has 1 aliphatic heterocycles. The lowest BCUT2D eigenvalue weighted by molar-refractivity contribution is -0.0883. The number of benzene rings is 1. The van der Waals surface area contributed by atoms with Gasteiger partial charge in [-0.05, 0) is 38.5 Å². The molecule has 4 nitrogen and oxygen atoms in total. The molecule has 0 saturated carbocycles. The molecule has 32 heavy (non-hydrogen) atoms. The number of hydrogen-bond donors (Lipinski definition) is 0. The summed E-state index contributed by atoms with van der Waals surface area (Å²) in [5, 5.41) is 0. The fraction of sp³-hybridized carbons (Fsp3) is 0.280. The van der Waals surface area contributed by atoms with Crippen LogP contribution in [-0.2, 0) is 4.74 Å². The van der Waals surface area contributed by atoms with Crippen LogP contribution in [0.25, 0.3) is 15.8 Å². The van der Waals surface area contributed by atoms with Crippen molar-refractivity contribution in [3.8, 4) is 0 Å². The average Bonchev–Trinajstić information content (AvgIpc) is 2.98. The molecular weight excluding hydrogens is 415 g/mol. The average molecular weight is 439 g/mol. The Hall–Kier alpha value is -3.71. The lowest BCUT2D eigenvalue weighted by atomic mass is 9.95. The highest BCUT2D eigenvalue weighted by Gasteiger charge is 2.40. The molecule has 1 aromatic carbocycles. The van der Waals surface area contributed by atoms with Crippen LogP contribution in [0.1, 0.15) is 26.3 Å². The second-order valence-corrected chi connectivity index (χ2v) is 7.81. The molecule has 1 aliphatic rings. The Morgan fingerprint density at radius 3 is 2.22 bits per heavy atom. The molecule has 0 aromatic heterocycles. The minimum atomic E-state index is -4.63. The molecule has 0 radical (unpaired) electrons. The smallest absolute Gasteiger partial charge is 0.416 e. The molecule has 1 heterocycles. The number of rotatable bonds is 5. The molecule has 0 atom stereocenters. The number of nitrogens with zero attached hydrogens (tertiary/aromatic N) is 3. The van der Waals surface area contributed by atoms with Gasteiger partial charge in [-0.1, -0.05) is 42.5 Å². The second kappa shape index (κ2) is 9.62. The predicted octanol–water partition coefficient (Wildman–Crippen LogP) is 6.94. The van der Waals surface area contributed by atoms with E-state index in [4.69, 9.17) is 17.9 Å². The van der Waals surface area contributed by atoms with E-state index in [1.807, 2.05) is 43.3 Å². The van der Waals surface area contributed by atoms with Gasteiger partial charge >= 0.3 is 6.18 Å². The highest BCUT2D eigenvalue weighted by molar-refractivity contribution is 5.57. The van der Waals surface area contributed by atoms with Crippen LogP contribution in [0.2, 0.25) is 0 Å². The van der Waals surface area contributed by atoms with Crippen LogP contribution in [-0.4, -0.2) is 25.9 Å². The van der Waals surface area contributed by atoms with Crippen molar-refractivity contribution in [2.24, 2.45) is 0 Å². The first kappa shape index (κ1) is 24.6. The fourth-order valence-corrected chi connectivity index (χ4v) is 3.00. The summed E-state index contributed by atoms with van der Waals surface area (Å²) in [4.78, 5) is 8.57. The Balaban J connectivity index is 2.42. The predicted molar refractivity (Wildman–Crippen MR) is 121 cm³/mol. The number of ether oxygens (including phenoxy) is 1. The molecule has 0 N–H and O–H groups in total. The number of anilines is 1. The van der Waals surface area contributed by atoms with Crippen LogP contribution in [0.5, 0.6) is 0 Å². The van der Waals surface area contributed by atoms with Crippen molar-refractivity contribution in [1.82, 2.24) is 0 Å². The summed E-state index contributed by atoms with van der Waals surface area (Å²) >= 11 is 0. The highest BCUT2D eigenvalue weighted by Crippen LogP contribution is 2.43. The summed E-state index contributed by atoms with van der Waals surface area (Å²) in [6.07, 6.45) is 1.79. The van der Waals surface area contributed by atoms with Gasteiger partial charge in [0.2, 0.25) is 5.70 Å². The summed E-state index contributed by atoms with van der Waals surface area (Å²) in [6, 6.07) is 7.58. The summed E-state index contributed by atoms with van der Waals surface area (Å²) in [5.41, 5.74) is -0.0757. The van der Waals surface area contributed by atoms with E-state index in [-0.39, 0.29) is 22.7 Å². The highest BCUT2D eigenvalue weighted by atomic mass is 19.4. The minimum absolute atomic E-state index is 0.0258. The van der Waals surface area contributed by atoms with E-state index in [9.17, 15) is 13.2 Å². The summed E-state index contributed by atoms with van der Waals surface area (Å²) in [5.74, 6) is 0.0258. The quantitative estimate of drug-likeness (QED) is 0.366. The third kappa shape index (κ3) is 5.70. The van der Waals surface area contributed by atoms with Gasteiger partial charge in [0, 0.05) is 25.4 Å². The van der Waals surface area contributed by atoms with Crippen molar-refractivity contribution in [2.75, 3.05) is 19.0 Å². The van der Waals surface area contributed by atoms with E-state index in [0.29, 0.717) is 0 Å². The molecule has 0 fully saturated rings. The number of halogens is 3. The van der Waals surface area contributed by atoms with Crippen molar-refractivity contribution in [2.45, 2.75) is 32.5 Å². The molecule has 166 valence electrons. The van der Waals surface area contributed by atoms with E-state index < -0.39 is 17.4 Å². The summed E-state index contributed by atoms with van der Waals surface area (Å²) in [7, 11) is 3.84. The van der Waals surface area contributed by atoms with Crippen LogP contribution in [0.3, 0.4) is 0 Å². The first-order valence-electron chi connectivity index (χ1n) is 9.71. The van der Waals surface area contributed by atoms with Crippen molar-refractivity contribution < 1.29 is 17.9 Å². The standard InChI is InChI=1S/C25H24F3N3O/c1-17(29-4)23-22(30-5)21(24(2,3)32-23)16-19(25(26,27)28)11-9-8-10-18-12-14-20(15-13-18)31(6)7/h8-16H,1-3,6-7H3. The van der Waals surface area contributed by atoms with Gasteiger partial charge in [0.1, 0.15) is 11.4 Å². The van der Waals surface area contributed by atoms with Gasteiger partial charge in [-0.3, -0.25) is 0 Å². The molecular formula is C25H24F3N3O. The topological polar surface area (TPSA) is 21.2 Å². The van der Waals surface area contributed by atoms with Gasteiger partial charge < -0.3 is 9.64 Å². The maximum Gasteiger partial charge on any atom is 0.416 e. The van der Waals surface area contributed by atoms with Crippen LogP contribution < -0.4 is 4.90 Å². The summed E-state index contributed by atoms with van der Waals surface area (Å²) < 4.78 is 46.8. The van der Waals surface area contributed by atoms with Crippen LogP contribution >= 0.6 is 0 Å². The Bertz CT molecular complexity index is 1100. The molecule has 1 aromatic rings. The largest absolute Gasteiger partial charge is 0.507 e. The van der Waals surface area contributed by atoms with Crippen molar-refractivity contribution >= 4 is 11.8 Å². The number of hydrogen-bond acceptors (Lipinski definition) is 2. The van der Waals surface area contributed by atoms with Gasteiger partial charge in [0.15, 0.2) is 5.70 Å². The van der Waals surface area contributed by atoms with E-state index in [1.165, 1.54) is 19.1 Å². The van der Waals surface area contributed by atoms with Gasteiger partial charge in [-0.2, -0.15) is 13.2 Å². The Morgan fingerprint density at radius 2 is 1.72 bits per heavy atom. The molecule has 0 spiro atoms. The van der Waals surface area contributed by atoms with Gasteiger partial charge in [-0.25, -0.2) is 9.69 Å². The van der Waals surface area contributed by atoms with Crippen molar-refractivity contribution in [1.29, 1.82) is 0 Å². The third-order valence-corrected chi connectivity index (χ3v) is 4.80. The molecule has 7 heteroatoms. The fourth-order valence-electron chi connectivity index (χ4n) is 3.00. The Labute approximate surface area is 186 Å². The van der Waals surface area contributed by atoms with Crippen LogP contribution in [0, 0.1) is 13.1 Å². The SMILES string of the molecule is [C-]#[N+]C(C)=C1OC(C)(C)C(C=C(C=CC=Cc2ccc(N(C)C)cc2)C(F)(F)F)=C1[N+]#[C-]. The Morgan fingerprint density at radius 1 is 1.09 bits per heavy atom. The maximum atomic E-state index is 13.7. The molecule has 0 unspecified atom stereocenters. The van der Waals surface area contributed by atoms with Gasteiger partial charge in [0.05, 0.1) is 18.7 Å². The van der Waals surface area contributed by atoms with Crippen molar-refractivity contribution in [3.63, 3.8) is 0 Å². The molecule has 0 aliphatic carbocycles. The zero-order chi connectivity index (χ0) is 24.1. The number of allylic oxidation sites excluding steroid dienone is 5. The van der Waals surface area contributed by atoms with E-state index >= 15 is 0 Å². The van der Waals surface area contributed by atoms with E-state index in [2.05, 4.69) is 9.69 Å². The zero-order valence-corrected chi connectivity index (χ0v) is 18.6. The third-order valence-electron chi connectivity index (χ3n) is 4.80. The number of alkyl halides is 3. The molecule has 2 rings (SSSR count). The minimum Gasteiger partial charge on any atom is -0.507 e. The van der Waals surface area contributed by atoms with Crippen molar-refractivity contribution in [3.05, 3.63) is 105 Å². The maximum absolute atomic E-state index is 13.7. The lowest BCUT2D eigenvalue weighted by Crippen LogP contribution is -2.22. The van der Waals surface area contributed by atoms with Crippen LogP contribution in [0.15, 0.2) is 76.9 Å². The van der Waals surface area contributed by atoms with Gasteiger partial charge in [-0.15, -0.1) is 0 Å². The van der Waals surface area contributed by atoms with Crippen LogP contribution in [0.4, 0.5) is 18.9 Å². The zero-order valence-electron chi connectivity index (χ0n) is 18.6. The first-order valence-corrected chi connectivity index (χ1v) is 9.71. The lowest BCUT2D eigenvalue weighted by Gasteiger charge is -2.23. The van der Waals surface area contributed by atoms with Gasteiger partial charge in [0.25, 0.3) is 0 Å². The Kier molecular flexibility index (Phi) is 7.38. The normalized spacial score (nSPS) is 18.0.